The maximum Gasteiger partial charge on any atom is 0.460 e. The Bertz CT molecular complexity index is 949. The number of rotatable bonds is 6. The average molecular weight is 458 g/mol. The Hall–Kier alpha value is -2.12. The Morgan fingerprint density at radius 1 is 0.931 bits per heavy atom. The van der Waals surface area contributed by atoms with E-state index in [1.807, 2.05) is 0 Å². The van der Waals surface area contributed by atoms with E-state index in [-0.39, 0.29) is 23.3 Å². The maximum atomic E-state index is 13.8. The van der Waals surface area contributed by atoms with Crippen LogP contribution in [0.15, 0.2) is 23.8 Å². The van der Waals surface area contributed by atoms with E-state index in [9.17, 15) is 47.9 Å². The maximum absolute atomic E-state index is 13.8. The van der Waals surface area contributed by atoms with Crippen molar-refractivity contribution in [1.29, 1.82) is 0 Å². The highest BCUT2D eigenvalue weighted by Gasteiger charge is 2.86. The van der Waals surface area contributed by atoms with Crippen molar-refractivity contribution in [3.8, 4) is 5.75 Å². The number of ether oxygens (including phenoxy) is 1. The summed E-state index contributed by atoms with van der Waals surface area (Å²) in [5.41, 5.74) is 0.0369. The minimum absolute atomic E-state index is 0.0708. The van der Waals surface area contributed by atoms with E-state index in [4.69, 9.17) is 4.74 Å². The van der Waals surface area contributed by atoms with Crippen molar-refractivity contribution in [2.75, 3.05) is 7.11 Å². The Labute approximate surface area is 158 Å². The molecule has 1 aromatic carbocycles. The van der Waals surface area contributed by atoms with Gasteiger partial charge < -0.3 is 8.92 Å². The van der Waals surface area contributed by atoms with Crippen LogP contribution in [0.25, 0.3) is 5.76 Å². The molecule has 1 aromatic rings. The quantitative estimate of drug-likeness (QED) is 0.456. The number of fused-ring (bicyclic) bond motifs is 1. The van der Waals surface area contributed by atoms with Gasteiger partial charge in [0, 0.05) is 5.56 Å². The number of hydrogen-bond acceptors (Lipinski definition) is 4. The van der Waals surface area contributed by atoms with Gasteiger partial charge in [-0.05, 0) is 36.6 Å². The van der Waals surface area contributed by atoms with Gasteiger partial charge in [-0.25, -0.2) is 0 Å². The van der Waals surface area contributed by atoms with Gasteiger partial charge in [0.25, 0.3) is 0 Å². The SMILES string of the molecule is COc1ccc2c(c1)C(OS(=O)(=O)C(F)(F)C(F)(F)C(F)(F)C(F)(F)F)=C(C)C2. The predicted octanol–water partition coefficient (Wildman–Crippen LogP) is 4.75. The first kappa shape index (κ1) is 23.2. The summed E-state index contributed by atoms with van der Waals surface area (Å²) in [6, 6.07) is 3.86. The summed E-state index contributed by atoms with van der Waals surface area (Å²) in [5.74, 6) is -15.5. The molecule has 0 spiro atoms. The molecule has 0 radical (unpaired) electrons. The van der Waals surface area contributed by atoms with Crippen molar-refractivity contribution in [3.05, 3.63) is 34.9 Å². The summed E-state index contributed by atoms with van der Waals surface area (Å²) < 4.78 is 149. The summed E-state index contributed by atoms with van der Waals surface area (Å²) >= 11 is 0. The topological polar surface area (TPSA) is 52.6 Å². The molecule has 0 N–H and O–H groups in total. The number of benzene rings is 1. The number of alkyl halides is 9. The summed E-state index contributed by atoms with van der Waals surface area (Å²) in [6.45, 7) is 1.16. The van der Waals surface area contributed by atoms with Gasteiger partial charge in [0.2, 0.25) is 0 Å². The van der Waals surface area contributed by atoms with Gasteiger partial charge in [-0.3, -0.25) is 0 Å². The molecule has 1 aliphatic rings. The van der Waals surface area contributed by atoms with Crippen LogP contribution in [0.3, 0.4) is 0 Å². The van der Waals surface area contributed by atoms with Gasteiger partial charge in [-0.15, -0.1) is 0 Å². The molecule has 14 heteroatoms. The van der Waals surface area contributed by atoms with Crippen LogP contribution in [-0.4, -0.2) is 38.8 Å². The van der Waals surface area contributed by atoms with Crippen LogP contribution in [-0.2, 0) is 20.7 Å². The molecule has 0 fully saturated rings. The highest BCUT2D eigenvalue weighted by molar-refractivity contribution is 7.88. The Balaban J connectivity index is 2.51. The summed E-state index contributed by atoms with van der Waals surface area (Å²) in [7, 11) is -5.81. The fourth-order valence-corrected chi connectivity index (χ4v) is 3.44. The molecule has 0 bridgehead atoms. The minimum Gasteiger partial charge on any atom is -0.497 e. The fraction of sp³-hybridized carbons (Fsp3) is 0.467. The highest BCUT2D eigenvalue weighted by atomic mass is 32.2. The molecule has 0 saturated heterocycles. The molecule has 4 nitrogen and oxygen atoms in total. The first-order valence-corrected chi connectivity index (χ1v) is 8.82. The molecule has 0 aliphatic heterocycles. The molecule has 2 rings (SSSR count). The number of hydrogen-bond donors (Lipinski definition) is 0. The van der Waals surface area contributed by atoms with Crippen LogP contribution in [0, 0.1) is 0 Å². The van der Waals surface area contributed by atoms with Gasteiger partial charge >= 0.3 is 33.4 Å². The van der Waals surface area contributed by atoms with Crippen LogP contribution in [0.4, 0.5) is 39.5 Å². The van der Waals surface area contributed by atoms with E-state index in [1.165, 1.54) is 19.2 Å². The second kappa shape index (κ2) is 6.71. The molecule has 0 aromatic heterocycles. The van der Waals surface area contributed by atoms with E-state index >= 15 is 0 Å². The Kier molecular flexibility index (Phi) is 5.36. The van der Waals surface area contributed by atoms with Gasteiger partial charge in [-0.2, -0.15) is 47.9 Å². The molecular weight excluding hydrogens is 447 g/mol. The molecule has 0 amide bonds. The third-order valence-corrected chi connectivity index (χ3v) is 5.30. The summed E-state index contributed by atoms with van der Waals surface area (Å²) in [6.07, 6.45) is -7.23. The van der Waals surface area contributed by atoms with Crippen molar-refractivity contribution in [3.63, 3.8) is 0 Å². The lowest BCUT2D eigenvalue weighted by atomic mass is 10.1. The monoisotopic (exact) mass is 458 g/mol. The van der Waals surface area contributed by atoms with Crippen LogP contribution in [0.5, 0.6) is 5.75 Å². The summed E-state index contributed by atoms with van der Waals surface area (Å²) in [4.78, 5) is 0. The van der Waals surface area contributed by atoms with E-state index in [0.29, 0.717) is 5.56 Å². The molecular formula is C15H11F9O4S. The number of allylic oxidation sites excluding steroid dienone is 1. The molecule has 1 aliphatic carbocycles. The zero-order valence-corrected chi connectivity index (χ0v) is 15.2. The van der Waals surface area contributed by atoms with Crippen LogP contribution in [0.2, 0.25) is 0 Å². The van der Waals surface area contributed by atoms with E-state index in [1.54, 1.807) is 0 Å². The highest BCUT2D eigenvalue weighted by Crippen LogP contribution is 2.55. The lowest BCUT2D eigenvalue weighted by molar-refractivity contribution is -0.382. The second-order valence-electron chi connectivity index (χ2n) is 6.01. The zero-order chi connectivity index (χ0) is 22.6. The van der Waals surface area contributed by atoms with E-state index < -0.39 is 39.2 Å². The molecule has 29 heavy (non-hydrogen) atoms. The zero-order valence-electron chi connectivity index (χ0n) is 14.4. The molecule has 0 atom stereocenters. The average Bonchev–Trinajstić information content (AvgIpc) is 2.87. The van der Waals surface area contributed by atoms with E-state index in [0.717, 1.165) is 13.0 Å². The van der Waals surface area contributed by atoms with Crippen molar-refractivity contribution in [1.82, 2.24) is 0 Å². The van der Waals surface area contributed by atoms with Crippen LogP contribution in [0.1, 0.15) is 18.1 Å². The Morgan fingerprint density at radius 2 is 1.48 bits per heavy atom. The lowest BCUT2D eigenvalue weighted by Gasteiger charge is -2.32. The van der Waals surface area contributed by atoms with Crippen molar-refractivity contribution in [2.24, 2.45) is 0 Å². The standard InChI is InChI=1S/C15H11F9O4S/c1-7-5-8-3-4-9(27-2)6-10(8)11(7)28-29(25,26)15(23,24)13(18,19)12(16,17)14(20,21)22/h3-4,6H,5H2,1-2H3. The molecule has 0 saturated carbocycles. The number of methoxy groups -OCH3 is 1. The lowest BCUT2D eigenvalue weighted by Crippen LogP contribution is -2.63. The minimum atomic E-state index is -7.36. The third kappa shape index (κ3) is 3.40. The third-order valence-electron chi connectivity index (χ3n) is 4.03. The smallest absolute Gasteiger partial charge is 0.460 e. The molecule has 0 heterocycles. The first-order valence-electron chi connectivity index (χ1n) is 7.42. The largest absolute Gasteiger partial charge is 0.497 e. The normalized spacial score (nSPS) is 16.1. The molecule has 0 unspecified atom stereocenters. The first-order chi connectivity index (χ1) is 12.9. The van der Waals surface area contributed by atoms with Gasteiger partial charge in [0.05, 0.1) is 7.11 Å². The van der Waals surface area contributed by atoms with Crippen molar-refractivity contribution in [2.45, 2.75) is 36.6 Å². The Morgan fingerprint density at radius 3 is 1.97 bits per heavy atom. The van der Waals surface area contributed by atoms with E-state index in [2.05, 4.69) is 4.18 Å². The van der Waals surface area contributed by atoms with Gasteiger partial charge in [0.15, 0.2) is 0 Å². The van der Waals surface area contributed by atoms with Gasteiger partial charge in [-0.1, -0.05) is 6.07 Å². The second-order valence-corrected chi connectivity index (χ2v) is 7.60. The van der Waals surface area contributed by atoms with Crippen molar-refractivity contribution >= 4 is 15.9 Å². The number of halogens is 9. The molecule has 164 valence electrons. The van der Waals surface area contributed by atoms with Crippen LogP contribution >= 0.6 is 0 Å². The van der Waals surface area contributed by atoms with Gasteiger partial charge in [0.1, 0.15) is 11.5 Å². The predicted molar refractivity (Wildman–Crippen MR) is 80.2 cm³/mol. The summed E-state index contributed by atoms with van der Waals surface area (Å²) in [5, 5.41) is -6.92. The van der Waals surface area contributed by atoms with Crippen molar-refractivity contribution < 1.29 is 56.9 Å². The fourth-order valence-electron chi connectivity index (χ4n) is 2.44. The van der Waals surface area contributed by atoms with Crippen LogP contribution < -0.4 is 4.74 Å².